The molecule has 5 aromatic carbocycles. The molecule has 3 atom stereocenters. The number of rotatable bonds is 13. The maximum Gasteiger partial charge on any atom is 0.307 e. The Hall–Kier alpha value is -4.94. The van der Waals surface area contributed by atoms with Gasteiger partial charge in [0.05, 0.1) is 12.3 Å². The SMILES string of the molecule is CC(C(CC=Cc1ccc2ccccc2c1)c1ccc(Cl)cc1)N(Cc1ccc2ccccc2c1)C(=O)CC(CC(=O)O)C(=O)O. The van der Waals surface area contributed by atoms with E-state index in [1.165, 1.54) is 0 Å². The van der Waals surface area contributed by atoms with Crippen molar-refractivity contribution in [2.24, 2.45) is 5.92 Å². The first-order valence-electron chi connectivity index (χ1n) is 15.3. The second-order valence-corrected chi connectivity index (χ2v) is 12.1. The van der Waals surface area contributed by atoms with Crippen molar-refractivity contribution in [1.82, 2.24) is 4.90 Å². The fraction of sp³-hybridized carbons (Fsp3) is 0.205. The summed E-state index contributed by atoms with van der Waals surface area (Å²) in [4.78, 5) is 39.1. The summed E-state index contributed by atoms with van der Waals surface area (Å²) in [5.74, 6) is -4.47. The molecule has 0 radical (unpaired) electrons. The summed E-state index contributed by atoms with van der Waals surface area (Å²) < 4.78 is 0. The van der Waals surface area contributed by atoms with Crippen LogP contribution in [0.5, 0.6) is 0 Å². The molecule has 7 heteroatoms. The molecule has 0 aliphatic rings. The summed E-state index contributed by atoms with van der Waals surface area (Å²) in [7, 11) is 0. The molecular weight excluding hydrogens is 598 g/mol. The number of carboxylic acid groups (broad SMARTS) is 2. The second-order valence-electron chi connectivity index (χ2n) is 11.7. The summed E-state index contributed by atoms with van der Waals surface area (Å²) in [5.41, 5.74) is 2.94. The third kappa shape index (κ3) is 8.20. The largest absolute Gasteiger partial charge is 0.481 e. The van der Waals surface area contributed by atoms with Gasteiger partial charge in [-0.3, -0.25) is 14.4 Å². The van der Waals surface area contributed by atoms with Gasteiger partial charge in [0.2, 0.25) is 5.91 Å². The number of hydrogen-bond donors (Lipinski definition) is 2. The van der Waals surface area contributed by atoms with E-state index in [0.29, 0.717) is 11.4 Å². The minimum absolute atomic E-state index is 0.166. The molecule has 0 saturated heterocycles. The number of carboxylic acids is 2. The van der Waals surface area contributed by atoms with Crippen LogP contribution in [0.4, 0.5) is 0 Å². The van der Waals surface area contributed by atoms with Crippen molar-refractivity contribution in [3.05, 3.63) is 137 Å². The number of allylic oxidation sites excluding steroid dienone is 1. The topological polar surface area (TPSA) is 94.9 Å². The van der Waals surface area contributed by atoms with E-state index in [2.05, 4.69) is 42.5 Å². The van der Waals surface area contributed by atoms with Crippen molar-refractivity contribution >= 4 is 57.1 Å². The Morgan fingerprint density at radius 2 is 1.37 bits per heavy atom. The van der Waals surface area contributed by atoms with E-state index < -0.39 is 36.6 Å². The first kappa shape index (κ1) is 32.5. The Kier molecular flexibility index (Phi) is 10.5. The van der Waals surface area contributed by atoms with Crippen LogP contribution in [0.2, 0.25) is 5.02 Å². The van der Waals surface area contributed by atoms with Crippen LogP contribution in [0, 0.1) is 5.92 Å². The molecule has 3 unspecified atom stereocenters. The number of aliphatic carboxylic acids is 2. The van der Waals surface area contributed by atoms with Gasteiger partial charge in [0, 0.05) is 29.9 Å². The predicted molar refractivity (Wildman–Crippen MR) is 184 cm³/mol. The number of carbonyl (C=O) groups is 3. The van der Waals surface area contributed by atoms with E-state index in [0.717, 1.165) is 38.2 Å². The van der Waals surface area contributed by atoms with E-state index in [1.54, 1.807) is 4.90 Å². The number of fused-ring (bicyclic) bond motifs is 2. The summed E-state index contributed by atoms with van der Waals surface area (Å²) in [6.45, 7) is 2.21. The molecule has 5 aromatic rings. The van der Waals surface area contributed by atoms with Crippen molar-refractivity contribution in [2.45, 2.75) is 44.7 Å². The molecule has 1 amide bonds. The Labute approximate surface area is 273 Å². The quantitative estimate of drug-likeness (QED) is 0.135. The van der Waals surface area contributed by atoms with Crippen molar-refractivity contribution in [2.75, 3.05) is 0 Å². The lowest BCUT2D eigenvalue weighted by molar-refractivity contribution is -0.151. The Morgan fingerprint density at radius 1 is 0.761 bits per heavy atom. The first-order valence-corrected chi connectivity index (χ1v) is 15.7. The molecule has 0 aliphatic heterocycles. The van der Waals surface area contributed by atoms with Gasteiger partial charge in [0.25, 0.3) is 0 Å². The summed E-state index contributed by atoms with van der Waals surface area (Å²) in [6.07, 6.45) is 3.72. The zero-order valence-corrected chi connectivity index (χ0v) is 26.3. The van der Waals surface area contributed by atoms with Crippen molar-refractivity contribution in [1.29, 1.82) is 0 Å². The number of nitrogens with zero attached hydrogens (tertiary/aromatic N) is 1. The number of benzene rings is 5. The van der Waals surface area contributed by atoms with Crippen LogP contribution in [0.3, 0.4) is 0 Å². The molecule has 46 heavy (non-hydrogen) atoms. The highest BCUT2D eigenvalue weighted by molar-refractivity contribution is 6.30. The van der Waals surface area contributed by atoms with Crippen LogP contribution < -0.4 is 0 Å². The molecule has 0 aliphatic carbocycles. The smallest absolute Gasteiger partial charge is 0.307 e. The Balaban J connectivity index is 1.48. The highest BCUT2D eigenvalue weighted by Gasteiger charge is 2.32. The van der Waals surface area contributed by atoms with Crippen LogP contribution in [0.15, 0.2) is 115 Å². The molecule has 2 N–H and O–H groups in total. The van der Waals surface area contributed by atoms with Crippen LogP contribution in [0.25, 0.3) is 27.6 Å². The molecule has 0 bridgehead atoms. The number of halogens is 1. The standard InChI is InChI=1S/C39H36ClNO5/c1-26(36(31-17-19-35(40)20-18-31)12-6-7-27-13-15-29-8-2-4-10-32(29)21-27)41(37(42)23-34(39(45)46)24-38(43)44)25-28-14-16-30-9-3-5-11-33(30)22-28/h2-11,13-22,26,34,36H,12,23-25H2,1H3,(H,43,44)(H,45,46). The highest BCUT2D eigenvalue weighted by Crippen LogP contribution is 2.32. The number of carbonyl (C=O) groups excluding carboxylic acids is 1. The van der Waals surface area contributed by atoms with Crippen LogP contribution in [-0.2, 0) is 20.9 Å². The van der Waals surface area contributed by atoms with Crippen molar-refractivity contribution in [3.63, 3.8) is 0 Å². The molecule has 6 nitrogen and oxygen atoms in total. The zero-order valence-electron chi connectivity index (χ0n) is 25.6. The monoisotopic (exact) mass is 633 g/mol. The lowest BCUT2D eigenvalue weighted by Gasteiger charge is -2.36. The third-order valence-corrected chi connectivity index (χ3v) is 8.78. The van der Waals surface area contributed by atoms with Gasteiger partial charge >= 0.3 is 11.9 Å². The van der Waals surface area contributed by atoms with Crippen LogP contribution in [0.1, 0.15) is 48.8 Å². The number of amides is 1. The van der Waals surface area contributed by atoms with E-state index in [1.807, 2.05) is 85.8 Å². The lowest BCUT2D eigenvalue weighted by Crippen LogP contribution is -2.43. The Morgan fingerprint density at radius 3 is 2.00 bits per heavy atom. The van der Waals surface area contributed by atoms with Crippen LogP contribution in [-0.4, -0.2) is 39.0 Å². The maximum atomic E-state index is 14.0. The molecule has 234 valence electrons. The normalized spacial score (nSPS) is 13.4. The summed E-state index contributed by atoms with van der Waals surface area (Å²) >= 11 is 6.24. The fourth-order valence-corrected chi connectivity index (χ4v) is 6.11. The zero-order chi connectivity index (χ0) is 32.6. The average molecular weight is 634 g/mol. The van der Waals surface area contributed by atoms with E-state index >= 15 is 0 Å². The highest BCUT2D eigenvalue weighted by atomic mass is 35.5. The van der Waals surface area contributed by atoms with Gasteiger partial charge < -0.3 is 15.1 Å². The molecule has 0 spiro atoms. The van der Waals surface area contributed by atoms with Gasteiger partial charge in [-0.15, -0.1) is 0 Å². The van der Waals surface area contributed by atoms with Gasteiger partial charge in [-0.2, -0.15) is 0 Å². The van der Waals surface area contributed by atoms with Crippen LogP contribution >= 0.6 is 11.6 Å². The minimum Gasteiger partial charge on any atom is -0.481 e. The van der Waals surface area contributed by atoms with Gasteiger partial charge in [0.15, 0.2) is 0 Å². The number of hydrogen-bond acceptors (Lipinski definition) is 3. The fourth-order valence-electron chi connectivity index (χ4n) is 5.98. The average Bonchev–Trinajstić information content (AvgIpc) is 3.05. The summed E-state index contributed by atoms with van der Waals surface area (Å²) in [5, 5.41) is 24.1. The second kappa shape index (κ2) is 14.9. The summed E-state index contributed by atoms with van der Waals surface area (Å²) in [6, 6.07) is 35.6. The van der Waals surface area contributed by atoms with Gasteiger partial charge in [-0.05, 0) is 75.8 Å². The van der Waals surface area contributed by atoms with Gasteiger partial charge in [-0.25, -0.2) is 0 Å². The molecule has 0 fully saturated rings. The van der Waals surface area contributed by atoms with Gasteiger partial charge in [-0.1, -0.05) is 109 Å². The van der Waals surface area contributed by atoms with Crippen molar-refractivity contribution < 1.29 is 24.6 Å². The maximum absolute atomic E-state index is 14.0. The molecular formula is C39H36ClNO5. The van der Waals surface area contributed by atoms with E-state index in [4.69, 9.17) is 11.6 Å². The molecule has 0 heterocycles. The lowest BCUT2D eigenvalue weighted by atomic mass is 9.87. The Bertz CT molecular complexity index is 1880. The third-order valence-electron chi connectivity index (χ3n) is 8.52. The first-order chi connectivity index (χ1) is 22.2. The molecule has 5 rings (SSSR count). The van der Waals surface area contributed by atoms with Gasteiger partial charge in [0.1, 0.15) is 0 Å². The molecule has 0 aromatic heterocycles. The van der Waals surface area contributed by atoms with E-state index in [9.17, 15) is 24.6 Å². The predicted octanol–water partition coefficient (Wildman–Crippen LogP) is 8.82. The van der Waals surface area contributed by atoms with Crippen molar-refractivity contribution in [3.8, 4) is 0 Å². The molecule has 0 saturated carbocycles. The minimum atomic E-state index is -1.34. The van der Waals surface area contributed by atoms with E-state index in [-0.39, 0.29) is 18.5 Å².